The summed E-state index contributed by atoms with van der Waals surface area (Å²) in [5.41, 5.74) is 4.78. The SMILES string of the molecule is COC(=O)c1c(SC)cc(-c2cccs2)c2c1CCCCCCCCCC2. The van der Waals surface area contributed by atoms with E-state index in [0.29, 0.717) is 0 Å². The molecule has 0 amide bonds. The molecule has 146 valence electrons. The van der Waals surface area contributed by atoms with E-state index in [4.69, 9.17) is 4.74 Å². The average molecular weight is 403 g/mol. The predicted molar refractivity (Wildman–Crippen MR) is 117 cm³/mol. The lowest BCUT2D eigenvalue weighted by molar-refractivity contribution is 0.0595. The third-order valence-electron chi connectivity index (χ3n) is 5.51. The van der Waals surface area contributed by atoms with Gasteiger partial charge in [0.25, 0.3) is 0 Å². The predicted octanol–water partition coefficient (Wildman–Crippen LogP) is 7.14. The molecule has 27 heavy (non-hydrogen) atoms. The molecule has 0 spiro atoms. The van der Waals surface area contributed by atoms with E-state index in [9.17, 15) is 4.79 Å². The van der Waals surface area contributed by atoms with E-state index >= 15 is 0 Å². The van der Waals surface area contributed by atoms with Crippen molar-refractivity contribution in [3.8, 4) is 10.4 Å². The summed E-state index contributed by atoms with van der Waals surface area (Å²) in [5, 5.41) is 2.14. The van der Waals surface area contributed by atoms with Gasteiger partial charge in [-0.15, -0.1) is 23.1 Å². The second-order valence-corrected chi connectivity index (χ2v) is 9.05. The fourth-order valence-corrected chi connectivity index (χ4v) is 5.53. The van der Waals surface area contributed by atoms with Crippen molar-refractivity contribution in [1.82, 2.24) is 0 Å². The van der Waals surface area contributed by atoms with Gasteiger partial charge in [-0.2, -0.15) is 0 Å². The maximum Gasteiger partial charge on any atom is 0.339 e. The molecule has 1 aromatic carbocycles. The Morgan fingerprint density at radius 1 is 1.00 bits per heavy atom. The molecule has 4 heteroatoms. The highest BCUT2D eigenvalue weighted by Crippen LogP contribution is 2.39. The summed E-state index contributed by atoms with van der Waals surface area (Å²) in [4.78, 5) is 15.1. The first-order valence-electron chi connectivity index (χ1n) is 10.1. The van der Waals surface area contributed by atoms with Crippen LogP contribution in [0.25, 0.3) is 10.4 Å². The standard InChI is InChI=1S/C23H30O2S2/c1-25-23(24)22-18-13-10-8-6-4-3-5-7-9-12-17(18)19(16-21(22)26-2)20-14-11-15-27-20/h11,14-16H,3-10,12-13H2,1-2H3. The number of hydrogen-bond donors (Lipinski definition) is 0. The van der Waals surface area contributed by atoms with Crippen molar-refractivity contribution in [2.24, 2.45) is 0 Å². The smallest absolute Gasteiger partial charge is 0.339 e. The van der Waals surface area contributed by atoms with Gasteiger partial charge >= 0.3 is 5.97 Å². The Hall–Kier alpha value is -1.26. The molecule has 0 fully saturated rings. The maximum absolute atomic E-state index is 12.7. The highest BCUT2D eigenvalue weighted by molar-refractivity contribution is 7.98. The van der Waals surface area contributed by atoms with Crippen LogP contribution in [0.4, 0.5) is 0 Å². The van der Waals surface area contributed by atoms with Crippen LogP contribution in [0.3, 0.4) is 0 Å². The molecule has 2 nitrogen and oxygen atoms in total. The average Bonchev–Trinajstić information content (AvgIpc) is 3.21. The van der Waals surface area contributed by atoms with E-state index in [0.717, 1.165) is 29.7 Å². The number of thioether (sulfide) groups is 1. The van der Waals surface area contributed by atoms with Gasteiger partial charge in [-0.1, -0.05) is 44.6 Å². The summed E-state index contributed by atoms with van der Waals surface area (Å²) < 4.78 is 5.20. The topological polar surface area (TPSA) is 26.3 Å². The Balaban J connectivity index is 2.15. The minimum Gasteiger partial charge on any atom is -0.465 e. The van der Waals surface area contributed by atoms with Crippen molar-refractivity contribution >= 4 is 29.1 Å². The Morgan fingerprint density at radius 2 is 1.63 bits per heavy atom. The van der Waals surface area contributed by atoms with Gasteiger partial charge in [0.2, 0.25) is 0 Å². The number of ether oxygens (including phenoxy) is 1. The minimum atomic E-state index is -0.180. The zero-order valence-electron chi connectivity index (χ0n) is 16.5. The summed E-state index contributed by atoms with van der Waals surface area (Å²) in [6.07, 6.45) is 14.3. The summed E-state index contributed by atoms with van der Waals surface area (Å²) >= 11 is 3.45. The number of methoxy groups -OCH3 is 1. The summed E-state index contributed by atoms with van der Waals surface area (Å²) in [6, 6.07) is 6.56. The van der Waals surface area contributed by atoms with Crippen LogP contribution in [-0.2, 0) is 17.6 Å². The number of hydrogen-bond acceptors (Lipinski definition) is 4. The van der Waals surface area contributed by atoms with Crippen molar-refractivity contribution in [3.05, 3.63) is 40.3 Å². The molecule has 0 unspecified atom stereocenters. The third kappa shape index (κ3) is 4.97. The van der Waals surface area contributed by atoms with Crippen LogP contribution >= 0.6 is 23.1 Å². The highest BCUT2D eigenvalue weighted by Gasteiger charge is 2.24. The van der Waals surface area contributed by atoms with E-state index in [1.54, 1.807) is 23.1 Å². The molecule has 0 saturated carbocycles. The van der Waals surface area contributed by atoms with Gasteiger partial charge in [0.1, 0.15) is 0 Å². The van der Waals surface area contributed by atoms with Crippen molar-refractivity contribution in [3.63, 3.8) is 0 Å². The number of benzene rings is 1. The molecule has 0 bridgehead atoms. The molecule has 3 rings (SSSR count). The molecule has 1 aliphatic carbocycles. The quantitative estimate of drug-likeness (QED) is 0.403. The first-order valence-corrected chi connectivity index (χ1v) is 12.2. The molecule has 0 atom stereocenters. The van der Waals surface area contributed by atoms with Crippen molar-refractivity contribution < 1.29 is 9.53 Å². The lowest BCUT2D eigenvalue weighted by atomic mass is 9.87. The van der Waals surface area contributed by atoms with Gasteiger partial charge in [-0.05, 0) is 66.1 Å². The molecule has 1 heterocycles. The van der Waals surface area contributed by atoms with Crippen LogP contribution < -0.4 is 0 Å². The first-order chi connectivity index (χ1) is 13.3. The van der Waals surface area contributed by atoms with Gasteiger partial charge in [0.05, 0.1) is 12.7 Å². The fourth-order valence-electron chi connectivity index (χ4n) is 4.12. The maximum atomic E-state index is 12.7. The van der Waals surface area contributed by atoms with Crippen LogP contribution in [0.2, 0.25) is 0 Å². The molecule has 2 aromatic rings. The highest BCUT2D eigenvalue weighted by atomic mass is 32.2. The van der Waals surface area contributed by atoms with E-state index < -0.39 is 0 Å². The van der Waals surface area contributed by atoms with E-state index in [1.165, 1.54) is 73.6 Å². The summed E-state index contributed by atoms with van der Waals surface area (Å²) in [5.74, 6) is -0.180. The molecular weight excluding hydrogens is 372 g/mol. The lowest BCUT2D eigenvalue weighted by Crippen LogP contribution is -2.12. The van der Waals surface area contributed by atoms with E-state index in [-0.39, 0.29) is 5.97 Å². The van der Waals surface area contributed by atoms with Gasteiger partial charge in [0.15, 0.2) is 0 Å². The number of fused-ring (bicyclic) bond motifs is 1. The minimum absolute atomic E-state index is 0.180. The Labute approximate surface area is 171 Å². The molecule has 1 aliphatic rings. The first kappa shape index (κ1) is 20.5. The van der Waals surface area contributed by atoms with Crippen LogP contribution in [0.1, 0.15) is 72.9 Å². The van der Waals surface area contributed by atoms with Gasteiger partial charge < -0.3 is 4.74 Å². The number of carbonyl (C=O) groups excluding carboxylic acids is 1. The second-order valence-electron chi connectivity index (χ2n) is 7.26. The Bertz CT molecular complexity index is 750. The van der Waals surface area contributed by atoms with Crippen molar-refractivity contribution in [2.75, 3.05) is 13.4 Å². The Morgan fingerprint density at radius 3 is 2.19 bits per heavy atom. The monoisotopic (exact) mass is 402 g/mol. The van der Waals surface area contributed by atoms with Gasteiger partial charge in [-0.25, -0.2) is 4.79 Å². The number of rotatable bonds is 3. The number of carbonyl (C=O) groups is 1. The molecule has 1 aromatic heterocycles. The molecule has 0 aliphatic heterocycles. The van der Waals surface area contributed by atoms with Gasteiger partial charge in [-0.3, -0.25) is 0 Å². The fraction of sp³-hybridized carbons (Fsp3) is 0.522. The van der Waals surface area contributed by atoms with Crippen LogP contribution in [0, 0.1) is 0 Å². The largest absolute Gasteiger partial charge is 0.465 e. The molecule has 0 radical (unpaired) electrons. The number of thiophene rings is 1. The van der Waals surface area contributed by atoms with Crippen LogP contribution in [0.5, 0.6) is 0 Å². The lowest BCUT2D eigenvalue weighted by Gasteiger charge is -2.21. The zero-order valence-corrected chi connectivity index (χ0v) is 18.1. The van der Waals surface area contributed by atoms with Crippen LogP contribution in [0.15, 0.2) is 28.5 Å². The van der Waals surface area contributed by atoms with E-state index in [2.05, 4.69) is 29.8 Å². The number of esters is 1. The molecule has 0 saturated heterocycles. The summed E-state index contributed by atoms with van der Waals surface area (Å²) in [7, 11) is 1.50. The van der Waals surface area contributed by atoms with Gasteiger partial charge in [0, 0.05) is 9.77 Å². The summed E-state index contributed by atoms with van der Waals surface area (Å²) in [6.45, 7) is 0. The Kier molecular flexibility index (Phi) is 7.83. The van der Waals surface area contributed by atoms with Crippen molar-refractivity contribution in [1.29, 1.82) is 0 Å². The molecular formula is C23H30O2S2. The second kappa shape index (κ2) is 10.3. The van der Waals surface area contributed by atoms with Crippen LogP contribution in [-0.4, -0.2) is 19.3 Å². The van der Waals surface area contributed by atoms with E-state index in [1.807, 2.05) is 0 Å². The third-order valence-corrected chi connectivity index (χ3v) is 7.18. The molecule has 0 N–H and O–H groups in total. The zero-order chi connectivity index (χ0) is 19.1. The normalized spacial score (nSPS) is 16.1. The van der Waals surface area contributed by atoms with Crippen molar-refractivity contribution in [2.45, 2.75) is 69.1 Å².